The topological polar surface area (TPSA) is 42.1 Å². The van der Waals surface area contributed by atoms with Crippen LogP contribution in [0.25, 0.3) is 10.9 Å². The van der Waals surface area contributed by atoms with E-state index in [2.05, 4.69) is 22.0 Å². The maximum absolute atomic E-state index is 6.27. The molecule has 0 unspecified atom stereocenters. The fourth-order valence-electron chi connectivity index (χ4n) is 2.96. The Bertz CT molecular complexity index is 845. The maximum atomic E-state index is 6.27. The third-order valence-corrected chi connectivity index (χ3v) is 4.32. The van der Waals surface area contributed by atoms with Crippen LogP contribution in [-0.4, -0.2) is 4.98 Å². The number of halogens is 1. The molecule has 2 aromatic carbocycles. The fraction of sp³-hybridized carbons (Fsp3) is 0.118. The molecule has 0 aliphatic carbocycles. The van der Waals surface area contributed by atoms with Crippen molar-refractivity contribution in [2.45, 2.75) is 13.1 Å². The Morgan fingerprint density at radius 1 is 1.05 bits per heavy atom. The SMILES string of the molecule is Nc1ccc2c(c1)CN(c1ccc(Cl)c3cccnc13)C2. The van der Waals surface area contributed by atoms with Gasteiger partial charge < -0.3 is 10.6 Å². The summed E-state index contributed by atoms with van der Waals surface area (Å²) >= 11 is 6.27. The molecule has 3 aromatic rings. The molecule has 4 heteroatoms. The molecule has 0 atom stereocenters. The summed E-state index contributed by atoms with van der Waals surface area (Å²) in [6.45, 7) is 1.73. The maximum Gasteiger partial charge on any atom is 0.0950 e. The number of nitrogen functional groups attached to an aromatic ring is 1. The first kappa shape index (κ1) is 12.5. The molecule has 0 amide bonds. The van der Waals surface area contributed by atoms with Crippen LogP contribution in [0.15, 0.2) is 48.7 Å². The number of fused-ring (bicyclic) bond motifs is 2. The second-order valence-corrected chi connectivity index (χ2v) is 5.76. The van der Waals surface area contributed by atoms with Gasteiger partial charge in [0.15, 0.2) is 0 Å². The Labute approximate surface area is 128 Å². The highest BCUT2D eigenvalue weighted by Gasteiger charge is 2.21. The predicted molar refractivity (Wildman–Crippen MR) is 87.5 cm³/mol. The summed E-state index contributed by atoms with van der Waals surface area (Å²) in [6, 6.07) is 14.0. The molecule has 2 N–H and O–H groups in total. The molecule has 0 fully saturated rings. The number of benzene rings is 2. The summed E-state index contributed by atoms with van der Waals surface area (Å²) in [5.74, 6) is 0. The van der Waals surface area contributed by atoms with E-state index in [1.807, 2.05) is 36.5 Å². The minimum atomic E-state index is 0.739. The van der Waals surface area contributed by atoms with E-state index in [9.17, 15) is 0 Å². The normalized spacial score (nSPS) is 13.7. The Kier molecular flexibility index (Phi) is 2.76. The van der Waals surface area contributed by atoms with E-state index in [4.69, 9.17) is 17.3 Å². The van der Waals surface area contributed by atoms with Gasteiger partial charge >= 0.3 is 0 Å². The minimum absolute atomic E-state index is 0.739. The molecule has 1 aliphatic heterocycles. The van der Waals surface area contributed by atoms with Gasteiger partial charge in [-0.05, 0) is 47.5 Å². The summed E-state index contributed by atoms with van der Waals surface area (Å²) in [6.07, 6.45) is 1.81. The van der Waals surface area contributed by atoms with Crippen LogP contribution in [0, 0.1) is 0 Å². The zero-order valence-corrected chi connectivity index (χ0v) is 12.1. The average Bonchev–Trinajstić information content (AvgIpc) is 2.90. The number of rotatable bonds is 1. The minimum Gasteiger partial charge on any atom is -0.399 e. The molecule has 0 spiro atoms. The number of nitrogens with zero attached hydrogens (tertiary/aromatic N) is 2. The van der Waals surface area contributed by atoms with E-state index in [1.165, 1.54) is 11.1 Å². The molecule has 0 saturated carbocycles. The highest BCUT2D eigenvalue weighted by Crippen LogP contribution is 2.35. The van der Waals surface area contributed by atoms with Crippen molar-refractivity contribution in [1.29, 1.82) is 0 Å². The monoisotopic (exact) mass is 295 g/mol. The van der Waals surface area contributed by atoms with Crippen molar-refractivity contribution in [2.24, 2.45) is 0 Å². The number of pyridine rings is 1. The van der Waals surface area contributed by atoms with E-state index < -0.39 is 0 Å². The van der Waals surface area contributed by atoms with Gasteiger partial charge in [0.05, 0.1) is 16.2 Å². The molecule has 104 valence electrons. The molecule has 21 heavy (non-hydrogen) atoms. The predicted octanol–water partition coefficient (Wildman–Crippen LogP) is 3.99. The van der Waals surface area contributed by atoms with Crippen molar-refractivity contribution >= 4 is 33.9 Å². The Morgan fingerprint density at radius 3 is 2.81 bits per heavy atom. The summed E-state index contributed by atoms with van der Waals surface area (Å²) in [7, 11) is 0. The van der Waals surface area contributed by atoms with Crippen LogP contribution < -0.4 is 10.6 Å². The van der Waals surface area contributed by atoms with Crippen LogP contribution in [0.5, 0.6) is 0 Å². The van der Waals surface area contributed by atoms with Crippen LogP contribution in [0.4, 0.5) is 11.4 Å². The smallest absolute Gasteiger partial charge is 0.0950 e. The lowest BCUT2D eigenvalue weighted by molar-refractivity contribution is 0.884. The zero-order chi connectivity index (χ0) is 14.4. The quantitative estimate of drug-likeness (QED) is 0.690. The Hall–Kier alpha value is -2.26. The van der Waals surface area contributed by atoms with Gasteiger partial charge in [-0.2, -0.15) is 0 Å². The van der Waals surface area contributed by atoms with Gasteiger partial charge in [0.1, 0.15) is 0 Å². The van der Waals surface area contributed by atoms with E-state index in [-0.39, 0.29) is 0 Å². The van der Waals surface area contributed by atoms with E-state index in [0.29, 0.717) is 0 Å². The Balaban J connectivity index is 1.81. The number of hydrogen-bond donors (Lipinski definition) is 1. The van der Waals surface area contributed by atoms with Crippen LogP contribution in [-0.2, 0) is 13.1 Å². The number of nitrogens with two attached hydrogens (primary N) is 1. The van der Waals surface area contributed by atoms with Gasteiger partial charge in [-0.1, -0.05) is 17.7 Å². The number of aromatic nitrogens is 1. The largest absolute Gasteiger partial charge is 0.399 e. The lowest BCUT2D eigenvalue weighted by Crippen LogP contribution is -2.15. The summed E-state index contributed by atoms with van der Waals surface area (Å²) in [5, 5.41) is 1.73. The first-order valence-corrected chi connectivity index (χ1v) is 7.25. The average molecular weight is 296 g/mol. The molecule has 0 saturated heterocycles. The van der Waals surface area contributed by atoms with E-state index >= 15 is 0 Å². The van der Waals surface area contributed by atoms with Crippen molar-refractivity contribution in [1.82, 2.24) is 4.98 Å². The number of hydrogen-bond acceptors (Lipinski definition) is 3. The van der Waals surface area contributed by atoms with Crippen LogP contribution in [0.1, 0.15) is 11.1 Å². The van der Waals surface area contributed by atoms with Crippen LogP contribution in [0.2, 0.25) is 5.02 Å². The summed E-state index contributed by atoms with van der Waals surface area (Å²) in [4.78, 5) is 6.83. The molecule has 0 radical (unpaired) electrons. The molecular weight excluding hydrogens is 282 g/mol. The molecule has 1 aromatic heterocycles. The Morgan fingerprint density at radius 2 is 1.90 bits per heavy atom. The lowest BCUT2D eigenvalue weighted by atomic mass is 10.1. The van der Waals surface area contributed by atoms with E-state index in [1.54, 1.807) is 0 Å². The van der Waals surface area contributed by atoms with Crippen molar-refractivity contribution in [3.8, 4) is 0 Å². The van der Waals surface area contributed by atoms with Crippen molar-refractivity contribution in [2.75, 3.05) is 10.6 Å². The molecule has 3 nitrogen and oxygen atoms in total. The first-order chi connectivity index (χ1) is 10.2. The standard InChI is InChI=1S/C17H14ClN3/c18-15-5-6-16(17-14(15)2-1-7-20-17)21-9-11-3-4-13(19)8-12(11)10-21/h1-8H,9-10,19H2. The number of anilines is 2. The lowest BCUT2D eigenvalue weighted by Gasteiger charge is -2.19. The van der Waals surface area contributed by atoms with Gasteiger partial charge in [-0.3, -0.25) is 4.98 Å². The van der Waals surface area contributed by atoms with Crippen molar-refractivity contribution in [3.05, 3.63) is 64.8 Å². The summed E-state index contributed by atoms with van der Waals surface area (Å²) in [5.41, 5.74) is 11.4. The molecule has 1 aliphatic rings. The van der Waals surface area contributed by atoms with Gasteiger partial charge in [0.25, 0.3) is 0 Å². The summed E-state index contributed by atoms with van der Waals surface area (Å²) < 4.78 is 0. The highest BCUT2D eigenvalue weighted by atomic mass is 35.5. The third kappa shape index (κ3) is 2.01. The van der Waals surface area contributed by atoms with Crippen molar-refractivity contribution in [3.63, 3.8) is 0 Å². The van der Waals surface area contributed by atoms with Gasteiger partial charge in [-0.25, -0.2) is 0 Å². The van der Waals surface area contributed by atoms with Crippen molar-refractivity contribution < 1.29 is 0 Å². The fourth-order valence-corrected chi connectivity index (χ4v) is 3.18. The van der Waals surface area contributed by atoms with Gasteiger partial charge in [0, 0.05) is 30.4 Å². The van der Waals surface area contributed by atoms with Crippen LogP contribution >= 0.6 is 11.6 Å². The second-order valence-electron chi connectivity index (χ2n) is 5.35. The molecule has 4 rings (SSSR count). The molecular formula is C17H14ClN3. The van der Waals surface area contributed by atoms with Gasteiger partial charge in [-0.15, -0.1) is 0 Å². The van der Waals surface area contributed by atoms with Crippen LogP contribution in [0.3, 0.4) is 0 Å². The van der Waals surface area contributed by atoms with Gasteiger partial charge in [0.2, 0.25) is 0 Å². The highest BCUT2D eigenvalue weighted by molar-refractivity contribution is 6.35. The third-order valence-electron chi connectivity index (χ3n) is 3.99. The zero-order valence-electron chi connectivity index (χ0n) is 11.4. The molecule has 0 bridgehead atoms. The second kappa shape index (κ2) is 4.64. The van der Waals surface area contributed by atoms with E-state index in [0.717, 1.165) is 40.4 Å². The first-order valence-electron chi connectivity index (χ1n) is 6.88. The molecule has 2 heterocycles.